The molecule has 3 aliphatic rings. The topological polar surface area (TPSA) is 0 Å². The summed E-state index contributed by atoms with van der Waals surface area (Å²) in [5, 5.41) is 11.7. The van der Waals surface area contributed by atoms with E-state index in [4.69, 9.17) is 0 Å². The highest BCUT2D eigenvalue weighted by molar-refractivity contribution is 7.20. The maximum atomic E-state index is 2.76. The van der Waals surface area contributed by atoms with Crippen molar-refractivity contribution in [2.75, 3.05) is 0 Å². The first-order valence-electron chi connectivity index (χ1n) is 21.4. The van der Waals surface area contributed by atoms with E-state index in [0.29, 0.717) is 0 Å². The molecular weight excluding hydrogens is 729 g/mol. The lowest BCUT2D eigenvalue weighted by Crippen LogP contribution is -2.75. The quantitative estimate of drug-likeness (QED) is 0.109. The summed E-state index contributed by atoms with van der Waals surface area (Å²) in [6.45, 7) is 0. The summed E-state index contributed by atoms with van der Waals surface area (Å²) in [5.74, 6) is 0. The summed E-state index contributed by atoms with van der Waals surface area (Å²) in [7, 11) is -5.37. The lowest BCUT2D eigenvalue weighted by atomic mass is 9.55. The zero-order chi connectivity index (χ0) is 38.6. The summed E-state index contributed by atoms with van der Waals surface area (Å²) in [4.78, 5) is 0. The van der Waals surface area contributed by atoms with Crippen LogP contribution in [0, 0.1) is 0 Å². The van der Waals surface area contributed by atoms with Crippen LogP contribution in [0.3, 0.4) is 0 Å². The zero-order valence-electron chi connectivity index (χ0n) is 33.0. The van der Waals surface area contributed by atoms with Crippen molar-refractivity contribution < 1.29 is 0 Å². The van der Waals surface area contributed by atoms with Crippen molar-refractivity contribution in [2.24, 2.45) is 0 Å². The van der Waals surface area contributed by atoms with Crippen LogP contribution in [0.2, 0.25) is 0 Å². The van der Waals surface area contributed by atoms with Gasteiger partial charge in [-0.25, -0.2) is 0 Å². The van der Waals surface area contributed by atoms with Gasteiger partial charge in [-0.15, -0.1) is 0 Å². The Balaban J connectivity index is 1.19. The van der Waals surface area contributed by atoms with Crippen LogP contribution in [0.4, 0.5) is 0 Å². The second kappa shape index (κ2) is 13.9. The van der Waals surface area contributed by atoms with E-state index >= 15 is 0 Å². The van der Waals surface area contributed by atoms with Crippen molar-refractivity contribution in [3.05, 3.63) is 230 Å². The van der Waals surface area contributed by atoms with E-state index in [1.165, 1.54) is 91.1 Å². The molecule has 8 aromatic carbocycles. The van der Waals surface area contributed by atoms with Crippen molar-refractivity contribution in [3.63, 3.8) is 0 Å². The molecule has 0 nitrogen and oxygen atoms in total. The minimum atomic E-state index is -2.69. The van der Waals surface area contributed by atoms with E-state index in [-0.39, 0.29) is 10.8 Å². The Morgan fingerprint density at radius 3 is 0.741 bits per heavy atom. The van der Waals surface area contributed by atoms with Gasteiger partial charge in [-0.05, 0) is 89.4 Å². The fourth-order valence-electron chi connectivity index (χ4n) is 12.6. The molecule has 0 amide bonds. The van der Waals surface area contributed by atoms with Crippen LogP contribution in [-0.2, 0) is 10.8 Å². The molecule has 8 aromatic rings. The third-order valence-electron chi connectivity index (χ3n) is 14.8. The lowest BCUT2D eigenvalue weighted by Gasteiger charge is -2.49. The zero-order valence-corrected chi connectivity index (χ0v) is 35.0. The monoisotopic (exact) mass is 776 g/mol. The van der Waals surface area contributed by atoms with Crippen LogP contribution in [0.15, 0.2) is 218 Å². The highest BCUT2D eigenvalue weighted by Crippen LogP contribution is 2.69. The molecule has 0 bridgehead atoms. The van der Waals surface area contributed by atoms with Crippen molar-refractivity contribution >= 4 is 57.6 Å². The van der Waals surface area contributed by atoms with Crippen molar-refractivity contribution in [3.8, 4) is 11.1 Å². The average Bonchev–Trinajstić information content (AvgIpc) is 3.88. The van der Waals surface area contributed by atoms with Crippen LogP contribution in [-0.4, -0.2) is 16.1 Å². The van der Waals surface area contributed by atoms with Crippen molar-refractivity contribution in [2.45, 2.75) is 49.4 Å². The molecule has 2 heteroatoms. The molecule has 11 rings (SSSR count). The van der Waals surface area contributed by atoms with E-state index in [1.54, 1.807) is 11.1 Å². The molecule has 0 spiro atoms. The molecule has 0 N–H and O–H groups in total. The highest BCUT2D eigenvalue weighted by Gasteiger charge is 2.63. The molecule has 2 fully saturated rings. The van der Waals surface area contributed by atoms with Gasteiger partial charge in [0.2, 0.25) is 0 Å². The summed E-state index contributed by atoms with van der Waals surface area (Å²) in [5.41, 5.74) is 6.44. The van der Waals surface area contributed by atoms with E-state index in [1.807, 2.05) is 0 Å². The largest absolute Gasteiger partial charge is 0.179 e. The van der Waals surface area contributed by atoms with Crippen molar-refractivity contribution in [1.82, 2.24) is 0 Å². The molecule has 0 aliphatic heterocycles. The number of rotatable bonds is 8. The van der Waals surface area contributed by atoms with E-state index in [9.17, 15) is 0 Å². The minimum Gasteiger partial charge on any atom is -0.0623 e. The van der Waals surface area contributed by atoms with Gasteiger partial charge in [-0.3, -0.25) is 0 Å². The standard InChI is InChI=1S/C56H48Si2/c1-7-21-43(22-8-1)57(44-23-9-2-10-24-44,45-25-11-3-12-26-45)49-33-35-51-52-36-34-50(42-54(52)56-39-19-37-55(56,38-20-40-56)53(51)41-49)58(46-27-13-4-14-28-46,47-29-15-5-16-30-47)48-31-17-6-18-32-48/h1-18,21-36,41-42H,19-20,37-40H2. The van der Waals surface area contributed by atoms with Crippen LogP contribution in [0.5, 0.6) is 0 Å². The van der Waals surface area contributed by atoms with Gasteiger partial charge >= 0.3 is 0 Å². The second-order valence-corrected chi connectivity index (χ2v) is 24.7. The number of hydrogen-bond donors (Lipinski definition) is 0. The summed E-state index contributed by atoms with van der Waals surface area (Å²) >= 11 is 0. The third-order valence-corrected chi connectivity index (χ3v) is 24.3. The van der Waals surface area contributed by atoms with Gasteiger partial charge in [0.15, 0.2) is 16.1 Å². The fraction of sp³-hybridized carbons (Fsp3) is 0.143. The fourth-order valence-corrected chi connectivity index (χ4v) is 22.1. The van der Waals surface area contributed by atoms with Crippen molar-refractivity contribution in [1.29, 1.82) is 0 Å². The normalized spacial score (nSPS) is 19.4. The Bertz CT molecular complexity index is 2320. The lowest BCUT2D eigenvalue weighted by molar-refractivity contribution is 0.299. The van der Waals surface area contributed by atoms with Gasteiger partial charge in [-0.1, -0.05) is 231 Å². The number of hydrogen-bond acceptors (Lipinski definition) is 0. The Kier molecular flexibility index (Phi) is 8.50. The maximum absolute atomic E-state index is 2.76. The predicted molar refractivity (Wildman–Crippen MR) is 250 cm³/mol. The first-order chi connectivity index (χ1) is 28.7. The molecule has 280 valence electrons. The molecule has 58 heavy (non-hydrogen) atoms. The summed E-state index contributed by atoms with van der Waals surface area (Å²) < 4.78 is 0. The molecular formula is C56H48Si2. The van der Waals surface area contributed by atoms with Crippen LogP contribution in [0.25, 0.3) is 11.1 Å². The van der Waals surface area contributed by atoms with Crippen LogP contribution >= 0.6 is 0 Å². The second-order valence-electron chi connectivity index (χ2n) is 17.1. The smallest absolute Gasteiger partial charge is 0.0623 e. The Morgan fingerprint density at radius 2 is 0.500 bits per heavy atom. The van der Waals surface area contributed by atoms with Gasteiger partial charge in [0.1, 0.15) is 0 Å². The van der Waals surface area contributed by atoms with E-state index < -0.39 is 16.1 Å². The number of benzene rings is 8. The minimum absolute atomic E-state index is 0.130. The van der Waals surface area contributed by atoms with Crippen LogP contribution in [0.1, 0.15) is 49.7 Å². The first-order valence-corrected chi connectivity index (χ1v) is 25.4. The molecule has 0 aromatic heterocycles. The highest BCUT2D eigenvalue weighted by atomic mass is 28.3. The molecule has 0 radical (unpaired) electrons. The van der Waals surface area contributed by atoms with E-state index in [2.05, 4.69) is 218 Å². The van der Waals surface area contributed by atoms with Gasteiger partial charge in [0.25, 0.3) is 0 Å². The summed E-state index contributed by atoms with van der Waals surface area (Å²) in [6.07, 6.45) is 7.63. The van der Waals surface area contributed by atoms with Gasteiger partial charge in [0, 0.05) is 10.8 Å². The van der Waals surface area contributed by atoms with Gasteiger partial charge < -0.3 is 0 Å². The SMILES string of the molecule is c1ccc([Si](c2ccccc2)(c2ccccc2)c2ccc3c(c2)C24CCCC2(CCC4)c2cc([Si](c4ccccc4)(c4ccccc4)c4ccccc4)ccc2-3)cc1. The molecule has 0 heterocycles. The van der Waals surface area contributed by atoms with Gasteiger partial charge in [-0.2, -0.15) is 0 Å². The Morgan fingerprint density at radius 1 is 0.259 bits per heavy atom. The Hall–Kier alpha value is -5.81. The molecule has 0 atom stereocenters. The first kappa shape index (κ1) is 35.4. The summed E-state index contributed by atoms with van der Waals surface area (Å²) in [6, 6.07) is 84.5. The Labute approximate surface area is 345 Å². The number of fused-ring (bicyclic) bond motifs is 3. The average molecular weight is 777 g/mol. The molecule has 0 saturated heterocycles. The van der Waals surface area contributed by atoms with Gasteiger partial charge in [0.05, 0.1) is 0 Å². The van der Waals surface area contributed by atoms with E-state index in [0.717, 1.165) is 0 Å². The third kappa shape index (κ3) is 4.92. The molecule has 3 aliphatic carbocycles. The maximum Gasteiger partial charge on any atom is 0.179 e. The predicted octanol–water partition coefficient (Wildman–Crippen LogP) is 7.97. The molecule has 0 unspecified atom stereocenters. The molecule has 2 saturated carbocycles. The van der Waals surface area contributed by atoms with Crippen LogP contribution < -0.4 is 41.5 Å².